The van der Waals surface area contributed by atoms with E-state index < -0.39 is 0 Å². The molecule has 0 N–H and O–H groups in total. The highest BCUT2D eigenvalue weighted by molar-refractivity contribution is 7.10. The number of amides is 2. The fraction of sp³-hybridized carbons (Fsp3) is 0.455. The van der Waals surface area contributed by atoms with Gasteiger partial charge in [0.05, 0.1) is 12.6 Å². The quantitative estimate of drug-likeness (QED) is 0.681. The number of unbranched alkanes of at least 4 members (excludes halogenated alkanes) is 1. The maximum Gasteiger partial charge on any atom is 0.249 e. The molecule has 5 nitrogen and oxygen atoms in total. The Balaban J connectivity index is 1.83. The Morgan fingerprint density at radius 1 is 1.25 bits per heavy atom. The number of carbonyl (C=O) groups is 2. The standard InChI is InChI=1S/C22H28N2O3S/c1-3-4-12-23(21(26)16-27-2)15-20(25)24-13-10-19-18(11-14-28-19)22(24)17-8-6-5-7-9-17/h5-9,11,14,22H,3-4,10,12-13,15-16H2,1-2H3/t22-/m1/s1. The van der Waals surface area contributed by atoms with E-state index >= 15 is 0 Å². The number of nitrogens with zero attached hydrogens (tertiary/aromatic N) is 2. The molecule has 0 bridgehead atoms. The zero-order valence-corrected chi connectivity index (χ0v) is 17.4. The van der Waals surface area contributed by atoms with Crippen LogP contribution in [0.1, 0.15) is 41.8 Å². The van der Waals surface area contributed by atoms with Crippen LogP contribution in [0, 0.1) is 0 Å². The lowest BCUT2D eigenvalue weighted by Crippen LogP contribution is -2.47. The number of ether oxygens (including phenoxy) is 1. The van der Waals surface area contributed by atoms with E-state index in [0.717, 1.165) is 24.8 Å². The average Bonchev–Trinajstić information content (AvgIpc) is 3.19. The number of hydrogen-bond acceptors (Lipinski definition) is 4. The molecule has 150 valence electrons. The highest BCUT2D eigenvalue weighted by Crippen LogP contribution is 2.37. The first-order chi connectivity index (χ1) is 13.7. The molecular weight excluding hydrogens is 372 g/mol. The van der Waals surface area contributed by atoms with Crippen molar-refractivity contribution in [1.82, 2.24) is 9.80 Å². The van der Waals surface area contributed by atoms with Crippen molar-refractivity contribution in [3.8, 4) is 0 Å². The maximum absolute atomic E-state index is 13.3. The lowest BCUT2D eigenvalue weighted by atomic mass is 9.93. The summed E-state index contributed by atoms with van der Waals surface area (Å²) in [6.45, 7) is 3.44. The van der Waals surface area contributed by atoms with Gasteiger partial charge in [-0.25, -0.2) is 0 Å². The van der Waals surface area contributed by atoms with E-state index in [4.69, 9.17) is 4.74 Å². The van der Waals surface area contributed by atoms with Crippen LogP contribution in [0.15, 0.2) is 41.8 Å². The summed E-state index contributed by atoms with van der Waals surface area (Å²) in [5, 5.41) is 2.10. The summed E-state index contributed by atoms with van der Waals surface area (Å²) in [6, 6.07) is 12.2. The molecule has 1 aromatic carbocycles. The summed E-state index contributed by atoms with van der Waals surface area (Å²) in [6.07, 6.45) is 2.71. The van der Waals surface area contributed by atoms with Gasteiger partial charge in [-0.05, 0) is 35.4 Å². The molecule has 2 amide bonds. The second-order valence-corrected chi connectivity index (χ2v) is 8.05. The van der Waals surface area contributed by atoms with Crippen LogP contribution in [0.2, 0.25) is 0 Å². The third-order valence-electron chi connectivity index (χ3n) is 5.13. The Bertz CT molecular complexity index is 790. The molecule has 0 fully saturated rings. The van der Waals surface area contributed by atoms with E-state index in [-0.39, 0.29) is 31.0 Å². The van der Waals surface area contributed by atoms with E-state index in [2.05, 4.69) is 30.5 Å². The second-order valence-electron chi connectivity index (χ2n) is 7.05. The van der Waals surface area contributed by atoms with E-state index in [1.165, 1.54) is 17.6 Å². The van der Waals surface area contributed by atoms with Gasteiger partial charge >= 0.3 is 0 Å². The van der Waals surface area contributed by atoms with Crippen molar-refractivity contribution >= 4 is 23.2 Å². The third-order valence-corrected chi connectivity index (χ3v) is 6.13. The van der Waals surface area contributed by atoms with Crippen molar-refractivity contribution < 1.29 is 14.3 Å². The van der Waals surface area contributed by atoms with Gasteiger partial charge in [0.25, 0.3) is 0 Å². The molecule has 28 heavy (non-hydrogen) atoms. The summed E-state index contributed by atoms with van der Waals surface area (Å²) in [5.74, 6) is -0.139. The van der Waals surface area contributed by atoms with Crippen molar-refractivity contribution in [2.45, 2.75) is 32.2 Å². The van der Waals surface area contributed by atoms with Crippen molar-refractivity contribution in [2.24, 2.45) is 0 Å². The predicted molar refractivity (Wildman–Crippen MR) is 111 cm³/mol. The molecule has 3 rings (SSSR count). The van der Waals surface area contributed by atoms with Crippen LogP contribution in [0.5, 0.6) is 0 Å². The van der Waals surface area contributed by atoms with Crippen molar-refractivity contribution in [1.29, 1.82) is 0 Å². The van der Waals surface area contributed by atoms with Crippen LogP contribution >= 0.6 is 11.3 Å². The molecule has 0 aliphatic carbocycles. The molecule has 1 aromatic heterocycles. The molecule has 0 spiro atoms. The van der Waals surface area contributed by atoms with Crippen molar-refractivity contribution in [2.75, 3.05) is 33.4 Å². The Morgan fingerprint density at radius 2 is 2.04 bits per heavy atom. The first kappa shape index (κ1) is 20.6. The molecule has 0 unspecified atom stereocenters. The molecule has 2 heterocycles. The Morgan fingerprint density at radius 3 is 2.75 bits per heavy atom. The summed E-state index contributed by atoms with van der Waals surface area (Å²) in [5.41, 5.74) is 2.32. The van der Waals surface area contributed by atoms with Gasteiger partial charge < -0.3 is 14.5 Å². The minimum atomic E-state index is -0.131. The first-order valence-electron chi connectivity index (χ1n) is 9.83. The number of thiophene rings is 1. The fourth-order valence-corrected chi connectivity index (χ4v) is 4.59. The fourth-order valence-electron chi connectivity index (χ4n) is 3.69. The normalized spacial score (nSPS) is 15.9. The van der Waals surface area contributed by atoms with Crippen molar-refractivity contribution in [3.05, 3.63) is 57.8 Å². The summed E-state index contributed by atoms with van der Waals surface area (Å²) >= 11 is 1.76. The summed E-state index contributed by atoms with van der Waals surface area (Å²) < 4.78 is 5.00. The predicted octanol–water partition coefficient (Wildman–Crippen LogP) is 3.50. The van der Waals surface area contributed by atoms with Gasteiger partial charge in [0.1, 0.15) is 6.61 Å². The van der Waals surface area contributed by atoms with Crippen LogP contribution in [0.25, 0.3) is 0 Å². The molecule has 6 heteroatoms. The number of hydrogen-bond donors (Lipinski definition) is 0. The maximum atomic E-state index is 13.3. The van der Waals surface area contributed by atoms with Gasteiger partial charge in [-0.2, -0.15) is 0 Å². The van der Waals surface area contributed by atoms with Gasteiger partial charge in [-0.15, -0.1) is 11.3 Å². The van der Waals surface area contributed by atoms with Crippen LogP contribution in [-0.4, -0.2) is 55.0 Å². The van der Waals surface area contributed by atoms with E-state index in [1.807, 2.05) is 23.1 Å². The molecular formula is C22H28N2O3S. The zero-order chi connectivity index (χ0) is 19.9. The van der Waals surface area contributed by atoms with E-state index in [9.17, 15) is 9.59 Å². The van der Waals surface area contributed by atoms with Crippen molar-refractivity contribution in [3.63, 3.8) is 0 Å². The lowest BCUT2D eigenvalue weighted by molar-refractivity contribution is -0.143. The molecule has 0 saturated carbocycles. The van der Waals surface area contributed by atoms with Gasteiger partial charge in [0.15, 0.2) is 0 Å². The van der Waals surface area contributed by atoms with Gasteiger partial charge in [-0.3, -0.25) is 9.59 Å². The topological polar surface area (TPSA) is 49.9 Å². The largest absolute Gasteiger partial charge is 0.375 e. The Labute approximate surface area is 170 Å². The molecule has 1 aliphatic rings. The van der Waals surface area contributed by atoms with Crippen LogP contribution < -0.4 is 0 Å². The number of methoxy groups -OCH3 is 1. The number of carbonyl (C=O) groups excluding carboxylic acids is 2. The van der Waals surface area contributed by atoms with E-state index in [0.29, 0.717) is 13.1 Å². The molecule has 0 saturated heterocycles. The van der Waals surface area contributed by atoms with Crippen LogP contribution in [-0.2, 0) is 20.7 Å². The summed E-state index contributed by atoms with van der Waals surface area (Å²) in [7, 11) is 1.51. The summed E-state index contributed by atoms with van der Waals surface area (Å²) in [4.78, 5) is 30.6. The third kappa shape index (κ3) is 4.62. The Kier molecular flexibility index (Phi) is 7.23. The molecule has 2 aromatic rings. The van der Waals surface area contributed by atoms with E-state index in [1.54, 1.807) is 16.2 Å². The SMILES string of the molecule is CCCCN(CC(=O)N1CCc2sccc2[C@H]1c1ccccc1)C(=O)COC. The number of benzene rings is 1. The zero-order valence-electron chi connectivity index (χ0n) is 16.6. The van der Waals surface area contributed by atoms with Crippen LogP contribution in [0.4, 0.5) is 0 Å². The van der Waals surface area contributed by atoms with Gasteiger partial charge in [-0.1, -0.05) is 43.7 Å². The number of fused-ring (bicyclic) bond motifs is 1. The number of rotatable bonds is 8. The smallest absolute Gasteiger partial charge is 0.249 e. The lowest BCUT2D eigenvalue weighted by Gasteiger charge is -2.37. The first-order valence-corrected chi connectivity index (χ1v) is 10.7. The minimum absolute atomic E-state index is 0.00773. The monoisotopic (exact) mass is 400 g/mol. The van der Waals surface area contributed by atoms with Gasteiger partial charge in [0, 0.05) is 25.1 Å². The highest BCUT2D eigenvalue weighted by Gasteiger charge is 2.33. The average molecular weight is 401 g/mol. The Hall–Kier alpha value is -2.18. The molecule has 1 aliphatic heterocycles. The van der Waals surface area contributed by atoms with Gasteiger partial charge in [0.2, 0.25) is 11.8 Å². The molecule has 0 radical (unpaired) electrons. The second kappa shape index (κ2) is 9.85. The highest BCUT2D eigenvalue weighted by atomic mass is 32.1. The van der Waals surface area contributed by atoms with Crippen LogP contribution in [0.3, 0.4) is 0 Å². The molecule has 1 atom stereocenters. The minimum Gasteiger partial charge on any atom is -0.375 e.